The molecule has 0 spiro atoms. The molecule has 1 aliphatic rings. The van der Waals surface area contributed by atoms with E-state index in [9.17, 15) is 13.2 Å². The Morgan fingerprint density at radius 3 is 2.50 bits per heavy atom. The van der Waals surface area contributed by atoms with Gasteiger partial charge in [-0.25, -0.2) is 8.42 Å². The minimum absolute atomic E-state index is 0.300. The molecule has 30 heavy (non-hydrogen) atoms. The molecule has 1 amide bonds. The Labute approximate surface area is 178 Å². The highest BCUT2D eigenvalue weighted by Gasteiger charge is 2.35. The minimum Gasteiger partial charge on any atom is -0.497 e. The molecule has 2 aromatic carbocycles. The van der Waals surface area contributed by atoms with Gasteiger partial charge in [-0.05, 0) is 45.0 Å². The Hall–Kier alpha value is -2.74. The fourth-order valence-corrected chi connectivity index (χ4v) is 4.43. The molecule has 7 nitrogen and oxygen atoms in total. The number of sulfonamides is 1. The normalized spacial score (nSPS) is 17.4. The lowest BCUT2D eigenvalue weighted by Gasteiger charge is -2.38. The zero-order chi connectivity index (χ0) is 22.1. The van der Waals surface area contributed by atoms with E-state index in [4.69, 9.17) is 9.47 Å². The van der Waals surface area contributed by atoms with Crippen molar-refractivity contribution >= 4 is 21.6 Å². The Morgan fingerprint density at radius 1 is 1.23 bits per heavy atom. The maximum absolute atomic E-state index is 12.9. The second kappa shape index (κ2) is 8.18. The van der Waals surface area contributed by atoms with Crippen LogP contribution in [-0.2, 0) is 14.8 Å². The van der Waals surface area contributed by atoms with Gasteiger partial charge < -0.3 is 14.8 Å². The lowest BCUT2D eigenvalue weighted by Crippen LogP contribution is -2.45. The monoisotopic (exact) mass is 432 g/mol. The zero-order valence-electron chi connectivity index (χ0n) is 17.9. The maximum atomic E-state index is 12.9. The van der Waals surface area contributed by atoms with Gasteiger partial charge in [-0.1, -0.05) is 17.7 Å². The summed E-state index contributed by atoms with van der Waals surface area (Å²) in [5, 5.41) is 2.99. The van der Waals surface area contributed by atoms with E-state index >= 15 is 0 Å². The summed E-state index contributed by atoms with van der Waals surface area (Å²) in [5.41, 5.74) is 1.80. The van der Waals surface area contributed by atoms with Crippen LogP contribution in [0.5, 0.6) is 11.5 Å². The first-order valence-corrected chi connectivity index (χ1v) is 11.5. The number of aryl methyl sites for hydroxylation is 1. The van der Waals surface area contributed by atoms with Crippen molar-refractivity contribution in [1.29, 1.82) is 0 Å². The van der Waals surface area contributed by atoms with Gasteiger partial charge in [0.1, 0.15) is 23.6 Å². The number of amides is 1. The molecule has 1 atom stereocenters. The minimum atomic E-state index is -3.63. The first-order valence-electron chi connectivity index (χ1n) is 9.69. The topological polar surface area (TPSA) is 84.9 Å². The third kappa shape index (κ3) is 5.05. The fraction of sp³-hybridized carbons (Fsp3) is 0.409. The molecule has 0 aliphatic carbocycles. The van der Waals surface area contributed by atoms with Gasteiger partial charge in [0.15, 0.2) is 0 Å². The van der Waals surface area contributed by atoms with Gasteiger partial charge in [-0.2, -0.15) is 0 Å². The van der Waals surface area contributed by atoms with Crippen LogP contribution in [0.25, 0.3) is 0 Å². The highest BCUT2D eigenvalue weighted by molar-refractivity contribution is 7.92. The van der Waals surface area contributed by atoms with Crippen LogP contribution >= 0.6 is 0 Å². The van der Waals surface area contributed by atoms with Crippen molar-refractivity contribution in [2.45, 2.75) is 38.8 Å². The quantitative estimate of drug-likeness (QED) is 0.758. The number of fused-ring (bicyclic) bond motifs is 1. The van der Waals surface area contributed by atoms with Crippen molar-refractivity contribution in [2.75, 3.05) is 24.2 Å². The van der Waals surface area contributed by atoms with Crippen LogP contribution in [0.1, 0.15) is 37.4 Å². The lowest BCUT2D eigenvalue weighted by molar-refractivity contribution is -0.120. The Bertz CT molecular complexity index is 1030. The van der Waals surface area contributed by atoms with Crippen LogP contribution in [0.3, 0.4) is 0 Å². The molecule has 0 fully saturated rings. The number of ether oxygens (including phenoxy) is 2. The number of rotatable bonds is 6. The Balaban J connectivity index is 1.83. The van der Waals surface area contributed by atoms with Crippen LogP contribution in [0.4, 0.5) is 5.69 Å². The molecule has 1 N–H and O–H groups in total. The number of carbonyl (C=O) groups excluding carboxylic acids is 1. The van der Waals surface area contributed by atoms with Crippen molar-refractivity contribution in [3.8, 4) is 11.5 Å². The number of carbonyl (C=O) groups is 1. The fourth-order valence-electron chi connectivity index (χ4n) is 3.57. The summed E-state index contributed by atoms with van der Waals surface area (Å²) in [6, 6.07) is 12.2. The van der Waals surface area contributed by atoms with Crippen molar-refractivity contribution in [3.63, 3.8) is 0 Å². The van der Waals surface area contributed by atoms with Crippen LogP contribution in [0, 0.1) is 6.92 Å². The number of benzene rings is 2. The molecular formula is C22H28N2O5S. The van der Waals surface area contributed by atoms with Gasteiger partial charge in [0.2, 0.25) is 15.9 Å². The SMILES string of the molecule is COc1ccc2c(c1)OC(C)(C)C[C@@H]2NC(=O)CN(c1ccc(C)cc1)S(C)(=O)=O. The first kappa shape index (κ1) is 22.0. The number of nitrogens with zero attached hydrogens (tertiary/aromatic N) is 1. The van der Waals surface area contributed by atoms with Gasteiger partial charge in [0.25, 0.3) is 0 Å². The standard InChI is InChI=1S/C22H28N2O5S/c1-15-6-8-16(9-7-15)24(30(5,26)27)14-21(25)23-19-13-22(2,3)29-20-12-17(28-4)10-11-18(19)20/h6-12,19H,13-14H2,1-5H3,(H,23,25)/t19-/m0/s1. The van der Waals surface area contributed by atoms with Crippen molar-refractivity contribution in [3.05, 3.63) is 53.6 Å². The highest BCUT2D eigenvalue weighted by Crippen LogP contribution is 2.41. The summed E-state index contributed by atoms with van der Waals surface area (Å²) >= 11 is 0. The molecule has 0 radical (unpaired) electrons. The molecule has 8 heteroatoms. The summed E-state index contributed by atoms with van der Waals surface area (Å²) in [5.74, 6) is 0.930. The molecule has 3 rings (SSSR count). The van der Waals surface area contributed by atoms with Crippen molar-refractivity contribution in [1.82, 2.24) is 5.32 Å². The third-order valence-electron chi connectivity index (χ3n) is 5.02. The summed E-state index contributed by atoms with van der Waals surface area (Å²) in [6.07, 6.45) is 1.65. The number of hydrogen-bond donors (Lipinski definition) is 1. The maximum Gasteiger partial charge on any atom is 0.241 e. The first-order chi connectivity index (χ1) is 14.0. The zero-order valence-corrected chi connectivity index (χ0v) is 18.7. The summed E-state index contributed by atoms with van der Waals surface area (Å²) in [6.45, 7) is 5.51. The summed E-state index contributed by atoms with van der Waals surface area (Å²) < 4.78 is 37.1. The van der Waals surface area contributed by atoms with Crippen LogP contribution in [0.15, 0.2) is 42.5 Å². The largest absolute Gasteiger partial charge is 0.497 e. The van der Waals surface area contributed by atoms with Gasteiger partial charge in [-0.15, -0.1) is 0 Å². The van der Waals surface area contributed by atoms with Crippen LogP contribution in [0.2, 0.25) is 0 Å². The summed E-state index contributed by atoms with van der Waals surface area (Å²) in [7, 11) is -2.04. The van der Waals surface area contributed by atoms with Gasteiger partial charge in [0.05, 0.1) is 25.1 Å². The molecule has 2 aromatic rings. The van der Waals surface area contributed by atoms with Gasteiger partial charge in [0, 0.05) is 18.1 Å². The van der Waals surface area contributed by atoms with E-state index in [0.717, 1.165) is 21.7 Å². The van der Waals surface area contributed by atoms with Gasteiger partial charge in [-0.3, -0.25) is 9.10 Å². The molecule has 162 valence electrons. The molecule has 0 aromatic heterocycles. The van der Waals surface area contributed by atoms with E-state index in [1.165, 1.54) is 0 Å². The van der Waals surface area contributed by atoms with E-state index in [-0.39, 0.29) is 18.5 Å². The van der Waals surface area contributed by atoms with Gasteiger partial charge >= 0.3 is 0 Å². The predicted molar refractivity (Wildman–Crippen MR) is 117 cm³/mol. The predicted octanol–water partition coefficient (Wildman–Crippen LogP) is 3.19. The second-order valence-corrected chi connectivity index (χ2v) is 10.1. The lowest BCUT2D eigenvalue weighted by atomic mass is 9.89. The van der Waals surface area contributed by atoms with E-state index in [2.05, 4.69) is 5.32 Å². The summed E-state index contributed by atoms with van der Waals surface area (Å²) in [4.78, 5) is 12.9. The molecule has 0 bridgehead atoms. The average Bonchev–Trinajstić information content (AvgIpc) is 2.64. The molecular weight excluding hydrogens is 404 g/mol. The average molecular weight is 433 g/mol. The number of nitrogens with one attached hydrogen (secondary N) is 1. The van der Waals surface area contributed by atoms with E-state index < -0.39 is 15.6 Å². The van der Waals surface area contributed by atoms with E-state index in [0.29, 0.717) is 23.6 Å². The van der Waals surface area contributed by atoms with Crippen LogP contribution in [-0.4, -0.2) is 39.8 Å². The molecule has 1 heterocycles. The van der Waals surface area contributed by atoms with Crippen molar-refractivity contribution in [2.24, 2.45) is 0 Å². The number of hydrogen-bond acceptors (Lipinski definition) is 5. The molecule has 1 aliphatic heterocycles. The van der Waals surface area contributed by atoms with Crippen LogP contribution < -0.4 is 19.1 Å². The highest BCUT2D eigenvalue weighted by atomic mass is 32.2. The molecule has 0 unspecified atom stereocenters. The number of anilines is 1. The number of methoxy groups -OCH3 is 1. The Morgan fingerprint density at radius 2 is 1.90 bits per heavy atom. The molecule has 0 saturated carbocycles. The van der Waals surface area contributed by atoms with Crippen molar-refractivity contribution < 1.29 is 22.7 Å². The molecule has 0 saturated heterocycles. The Kier molecular flexibility index (Phi) is 5.99. The third-order valence-corrected chi connectivity index (χ3v) is 6.16. The van der Waals surface area contributed by atoms with E-state index in [1.54, 1.807) is 25.3 Å². The second-order valence-electron chi connectivity index (χ2n) is 8.19. The van der Waals surface area contributed by atoms with E-state index in [1.807, 2.05) is 45.0 Å². The smallest absolute Gasteiger partial charge is 0.241 e.